The average molecular weight is 226 g/mol. The Hall–Kier alpha value is -1.49. The number of pyridine rings is 1. The van der Waals surface area contributed by atoms with Gasteiger partial charge in [-0.25, -0.2) is 4.98 Å². The molecule has 0 spiro atoms. The van der Waals surface area contributed by atoms with E-state index in [4.69, 9.17) is 4.74 Å². The first-order valence-corrected chi connectivity index (χ1v) is 5.06. The van der Waals surface area contributed by atoms with Gasteiger partial charge in [0.15, 0.2) is 0 Å². The van der Waals surface area contributed by atoms with Crippen molar-refractivity contribution in [2.45, 2.75) is 19.4 Å². The second-order valence-corrected chi connectivity index (χ2v) is 3.50. The van der Waals surface area contributed by atoms with E-state index in [0.29, 0.717) is 13.0 Å². The summed E-state index contributed by atoms with van der Waals surface area (Å²) in [5, 5.41) is 2.71. The van der Waals surface area contributed by atoms with Gasteiger partial charge in [0, 0.05) is 19.8 Å². The van der Waals surface area contributed by atoms with Crippen LogP contribution in [0.4, 0.5) is 4.39 Å². The van der Waals surface area contributed by atoms with Gasteiger partial charge in [0.05, 0.1) is 0 Å². The van der Waals surface area contributed by atoms with E-state index in [2.05, 4.69) is 10.3 Å². The molecule has 0 saturated carbocycles. The van der Waals surface area contributed by atoms with E-state index in [1.54, 1.807) is 7.11 Å². The number of methoxy groups -OCH3 is 1. The van der Waals surface area contributed by atoms with E-state index in [1.165, 1.54) is 18.2 Å². The molecule has 0 bridgehead atoms. The summed E-state index contributed by atoms with van der Waals surface area (Å²) in [6, 6.07) is 4.10. The minimum absolute atomic E-state index is 0.0301. The number of aromatic nitrogens is 1. The van der Waals surface area contributed by atoms with Crippen LogP contribution < -0.4 is 5.32 Å². The maximum absolute atomic E-state index is 12.8. The molecule has 88 valence electrons. The van der Waals surface area contributed by atoms with Crippen molar-refractivity contribution in [1.82, 2.24) is 10.3 Å². The Morgan fingerprint density at radius 3 is 3.00 bits per heavy atom. The molecule has 0 aromatic carbocycles. The molecule has 1 unspecified atom stereocenters. The third kappa shape index (κ3) is 3.94. The summed E-state index contributed by atoms with van der Waals surface area (Å²) in [6.07, 6.45) is 0.706. The van der Waals surface area contributed by atoms with Crippen LogP contribution in [0.3, 0.4) is 0 Å². The highest BCUT2D eigenvalue weighted by molar-refractivity contribution is 5.92. The third-order valence-electron chi connectivity index (χ3n) is 2.08. The molecule has 1 aromatic heterocycles. The van der Waals surface area contributed by atoms with Gasteiger partial charge < -0.3 is 10.1 Å². The Balaban J connectivity index is 2.52. The van der Waals surface area contributed by atoms with Gasteiger partial charge in [0.2, 0.25) is 5.95 Å². The van der Waals surface area contributed by atoms with E-state index in [0.717, 1.165) is 0 Å². The van der Waals surface area contributed by atoms with Gasteiger partial charge in [-0.05, 0) is 25.5 Å². The molecule has 0 aliphatic rings. The summed E-state index contributed by atoms with van der Waals surface area (Å²) in [6.45, 7) is 2.42. The number of nitrogens with one attached hydrogen (secondary N) is 1. The van der Waals surface area contributed by atoms with E-state index >= 15 is 0 Å². The third-order valence-corrected chi connectivity index (χ3v) is 2.08. The number of carbonyl (C=O) groups excluding carboxylic acids is 1. The lowest BCUT2D eigenvalue weighted by atomic mass is 10.2. The number of carbonyl (C=O) groups is 1. The van der Waals surface area contributed by atoms with Crippen LogP contribution in [0.2, 0.25) is 0 Å². The molecule has 0 fully saturated rings. The normalized spacial score (nSPS) is 12.2. The molecule has 0 aliphatic heterocycles. The lowest BCUT2D eigenvalue weighted by molar-refractivity contribution is 0.0923. The smallest absolute Gasteiger partial charge is 0.270 e. The summed E-state index contributed by atoms with van der Waals surface area (Å²) in [7, 11) is 1.60. The van der Waals surface area contributed by atoms with Crippen LogP contribution in [-0.2, 0) is 4.74 Å². The molecule has 0 radical (unpaired) electrons. The van der Waals surface area contributed by atoms with E-state index < -0.39 is 5.95 Å². The van der Waals surface area contributed by atoms with Gasteiger partial charge in [-0.2, -0.15) is 4.39 Å². The Bertz CT molecular complexity index is 358. The largest absolute Gasteiger partial charge is 0.385 e. The maximum Gasteiger partial charge on any atom is 0.270 e. The Kier molecular flexibility index (Phi) is 4.85. The Labute approximate surface area is 93.8 Å². The zero-order chi connectivity index (χ0) is 12.0. The highest BCUT2D eigenvalue weighted by Crippen LogP contribution is 1.99. The van der Waals surface area contributed by atoms with Crippen molar-refractivity contribution in [3.63, 3.8) is 0 Å². The van der Waals surface area contributed by atoms with Crippen LogP contribution in [0.1, 0.15) is 23.8 Å². The quantitative estimate of drug-likeness (QED) is 0.771. The first-order chi connectivity index (χ1) is 7.63. The second-order valence-electron chi connectivity index (χ2n) is 3.50. The zero-order valence-electron chi connectivity index (χ0n) is 9.37. The predicted octanol–water partition coefficient (Wildman–Crippen LogP) is 1.38. The molecule has 16 heavy (non-hydrogen) atoms. The summed E-state index contributed by atoms with van der Waals surface area (Å²) in [4.78, 5) is 15.1. The van der Waals surface area contributed by atoms with Gasteiger partial charge in [-0.1, -0.05) is 6.07 Å². The molecule has 1 aromatic rings. The van der Waals surface area contributed by atoms with Gasteiger partial charge in [-0.3, -0.25) is 4.79 Å². The SMILES string of the molecule is COCCC(C)NC(=O)c1cccc(F)n1. The average Bonchev–Trinajstić information content (AvgIpc) is 2.26. The molecule has 4 nitrogen and oxygen atoms in total. The standard InChI is InChI=1S/C11H15FN2O2/c1-8(6-7-16-2)13-11(15)9-4-3-5-10(12)14-9/h3-5,8H,6-7H2,1-2H3,(H,13,15). The summed E-state index contributed by atoms with van der Waals surface area (Å²) >= 11 is 0. The first-order valence-electron chi connectivity index (χ1n) is 5.06. The van der Waals surface area contributed by atoms with Crippen LogP contribution in [-0.4, -0.2) is 30.6 Å². The molecule has 5 heteroatoms. The highest BCUT2D eigenvalue weighted by atomic mass is 19.1. The first kappa shape index (κ1) is 12.6. The zero-order valence-corrected chi connectivity index (χ0v) is 9.37. The van der Waals surface area contributed by atoms with Crippen molar-refractivity contribution in [3.8, 4) is 0 Å². The number of hydrogen-bond donors (Lipinski definition) is 1. The molecule has 1 N–H and O–H groups in total. The molecule has 1 atom stereocenters. The molecular weight excluding hydrogens is 211 g/mol. The van der Waals surface area contributed by atoms with Gasteiger partial charge in [-0.15, -0.1) is 0 Å². The summed E-state index contributed by atoms with van der Waals surface area (Å²) < 4.78 is 17.6. The lowest BCUT2D eigenvalue weighted by Gasteiger charge is -2.12. The number of ether oxygens (including phenoxy) is 1. The fourth-order valence-electron chi connectivity index (χ4n) is 1.20. The van der Waals surface area contributed by atoms with E-state index in [-0.39, 0.29) is 17.6 Å². The fraction of sp³-hybridized carbons (Fsp3) is 0.455. The van der Waals surface area contributed by atoms with Crippen LogP contribution in [0.5, 0.6) is 0 Å². The van der Waals surface area contributed by atoms with Crippen LogP contribution >= 0.6 is 0 Å². The number of rotatable bonds is 5. The number of nitrogens with zero attached hydrogens (tertiary/aromatic N) is 1. The van der Waals surface area contributed by atoms with Crippen molar-refractivity contribution in [1.29, 1.82) is 0 Å². The van der Waals surface area contributed by atoms with Gasteiger partial charge in [0.1, 0.15) is 5.69 Å². The van der Waals surface area contributed by atoms with Gasteiger partial charge >= 0.3 is 0 Å². The van der Waals surface area contributed by atoms with Crippen LogP contribution in [0.15, 0.2) is 18.2 Å². The Morgan fingerprint density at radius 1 is 1.62 bits per heavy atom. The lowest BCUT2D eigenvalue weighted by Crippen LogP contribution is -2.33. The Morgan fingerprint density at radius 2 is 2.38 bits per heavy atom. The minimum Gasteiger partial charge on any atom is -0.385 e. The number of halogens is 1. The topological polar surface area (TPSA) is 51.2 Å². The molecule has 0 aliphatic carbocycles. The summed E-state index contributed by atoms with van der Waals surface area (Å²) in [5.74, 6) is -1.03. The number of amides is 1. The van der Waals surface area contributed by atoms with Crippen molar-refractivity contribution in [2.24, 2.45) is 0 Å². The molecule has 0 saturated heterocycles. The monoisotopic (exact) mass is 226 g/mol. The molecule has 1 heterocycles. The number of hydrogen-bond acceptors (Lipinski definition) is 3. The van der Waals surface area contributed by atoms with Crippen molar-refractivity contribution < 1.29 is 13.9 Å². The predicted molar refractivity (Wildman–Crippen MR) is 57.6 cm³/mol. The summed E-state index contributed by atoms with van der Waals surface area (Å²) in [5.41, 5.74) is 0.0873. The highest BCUT2D eigenvalue weighted by Gasteiger charge is 2.11. The molecule has 1 rings (SSSR count). The molecular formula is C11H15FN2O2. The fourth-order valence-corrected chi connectivity index (χ4v) is 1.20. The minimum atomic E-state index is -0.655. The second kappa shape index (κ2) is 6.17. The van der Waals surface area contributed by atoms with E-state index in [9.17, 15) is 9.18 Å². The van der Waals surface area contributed by atoms with Crippen LogP contribution in [0, 0.1) is 5.95 Å². The molecule has 1 amide bonds. The van der Waals surface area contributed by atoms with Crippen LogP contribution in [0.25, 0.3) is 0 Å². The van der Waals surface area contributed by atoms with Crippen molar-refractivity contribution in [3.05, 3.63) is 29.8 Å². The maximum atomic E-state index is 12.8. The van der Waals surface area contributed by atoms with Crippen molar-refractivity contribution in [2.75, 3.05) is 13.7 Å². The van der Waals surface area contributed by atoms with Crippen molar-refractivity contribution >= 4 is 5.91 Å². The van der Waals surface area contributed by atoms with E-state index in [1.807, 2.05) is 6.92 Å². The van der Waals surface area contributed by atoms with Gasteiger partial charge in [0.25, 0.3) is 5.91 Å².